The molecule has 0 aliphatic carbocycles. The molecular weight excluding hydrogens is 224 g/mol. The lowest BCUT2D eigenvalue weighted by Gasteiger charge is -2.06. The molecule has 0 spiro atoms. The van der Waals surface area contributed by atoms with Crippen molar-refractivity contribution in [3.8, 4) is 0 Å². The molecule has 0 saturated heterocycles. The van der Waals surface area contributed by atoms with Crippen LogP contribution < -0.4 is 5.32 Å². The summed E-state index contributed by atoms with van der Waals surface area (Å²) >= 11 is 0. The van der Waals surface area contributed by atoms with Crippen molar-refractivity contribution >= 4 is 17.4 Å². The Labute approximate surface area is 97.0 Å². The van der Waals surface area contributed by atoms with Crippen molar-refractivity contribution in [3.05, 3.63) is 12.4 Å². The summed E-state index contributed by atoms with van der Waals surface area (Å²) in [5.74, 6) is 0.397. The fourth-order valence-corrected chi connectivity index (χ4v) is 1.32. The molecule has 0 saturated carbocycles. The van der Waals surface area contributed by atoms with Crippen LogP contribution in [0.25, 0.3) is 5.65 Å². The summed E-state index contributed by atoms with van der Waals surface area (Å²) in [5, 5.41) is 14.1. The molecule has 2 aromatic rings. The lowest BCUT2D eigenvalue weighted by molar-refractivity contribution is -0.142. The molecule has 8 heteroatoms. The van der Waals surface area contributed by atoms with E-state index < -0.39 is 0 Å². The number of carbonyl (C=O) groups is 1. The molecule has 0 bridgehead atoms. The van der Waals surface area contributed by atoms with E-state index in [0.717, 1.165) is 0 Å². The Balaban J connectivity index is 1.95. The van der Waals surface area contributed by atoms with Crippen LogP contribution in [0.5, 0.6) is 0 Å². The second-order valence-corrected chi connectivity index (χ2v) is 3.22. The highest BCUT2D eigenvalue weighted by Crippen LogP contribution is 2.05. The molecule has 2 aromatic heterocycles. The van der Waals surface area contributed by atoms with Gasteiger partial charge in [0.05, 0.1) is 25.4 Å². The van der Waals surface area contributed by atoms with Crippen molar-refractivity contribution in [1.29, 1.82) is 0 Å². The van der Waals surface area contributed by atoms with Crippen molar-refractivity contribution in [2.75, 3.05) is 18.5 Å². The fourth-order valence-electron chi connectivity index (χ4n) is 1.32. The van der Waals surface area contributed by atoms with E-state index in [0.29, 0.717) is 24.6 Å². The summed E-state index contributed by atoms with van der Waals surface area (Å²) in [5.41, 5.74) is 0.547. The number of ether oxygens (including phenoxy) is 1. The van der Waals surface area contributed by atoms with Gasteiger partial charge in [0.2, 0.25) is 0 Å². The van der Waals surface area contributed by atoms with Gasteiger partial charge in [-0.1, -0.05) is 0 Å². The number of esters is 1. The Morgan fingerprint density at radius 2 is 2.41 bits per heavy atom. The summed E-state index contributed by atoms with van der Waals surface area (Å²) in [6.45, 7) is 2.61. The maximum Gasteiger partial charge on any atom is 0.307 e. The molecule has 0 atom stereocenters. The minimum Gasteiger partial charge on any atom is -0.466 e. The third-order valence-electron chi connectivity index (χ3n) is 2.05. The predicted octanol–water partition coefficient (Wildman–Crippen LogP) is -0.116. The highest BCUT2D eigenvalue weighted by atomic mass is 16.5. The topological polar surface area (TPSA) is 94.3 Å². The maximum absolute atomic E-state index is 11.1. The number of aromatic nitrogens is 5. The molecule has 8 nitrogen and oxygen atoms in total. The van der Waals surface area contributed by atoms with Crippen LogP contribution in [0.3, 0.4) is 0 Å². The zero-order chi connectivity index (χ0) is 12.1. The van der Waals surface area contributed by atoms with E-state index in [1.54, 1.807) is 19.3 Å². The number of nitrogens with zero attached hydrogens (tertiary/aromatic N) is 5. The molecule has 0 fully saturated rings. The van der Waals surface area contributed by atoms with Crippen molar-refractivity contribution in [2.24, 2.45) is 0 Å². The van der Waals surface area contributed by atoms with E-state index in [1.165, 1.54) is 4.52 Å². The molecule has 0 unspecified atom stereocenters. The molecule has 0 aliphatic rings. The van der Waals surface area contributed by atoms with Crippen molar-refractivity contribution in [1.82, 2.24) is 25.0 Å². The SMILES string of the molecule is CCOC(=O)CCNc1cncc2nnnn12. The molecule has 90 valence electrons. The highest BCUT2D eigenvalue weighted by Gasteiger charge is 2.05. The number of hydrogen-bond acceptors (Lipinski definition) is 7. The minimum absolute atomic E-state index is 0.239. The third-order valence-corrected chi connectivity index (χ3v) is 2.05. The summed E-state index contributed by atoms with van der Waals surface area (Å²) in [7, 11) is 0. The zero-order valence-corrected chi connectivity index (χ0v) is 9.33. The number of tetrazole rings is 1. The van der Waals surface area contributed by atoms with E-state index in [-0.39, 0.29) is 12.4 Å². The van der Waals surface area contributed by atoms with Gasteiger partial charge in [0.15, 0.2) is 5.65 Å². The first-order chi connectivity index (χ1) is 8.31. The van der Waals surface area contributed by atoms with E-state index >= 15 is 0 Å². The molecule has 0 aromatic carbocycles. The summed E-state index contributed by atoms with van der Waals surface area (Å²) in [4.78, 5) is 15.1. The number of rotatable bonds is 5. The van der Waals surface area contributed by atoms with Crippen molar-refractivity contribution < 1.29 is 9.53 Å². The second-order valence-electron chi connectivity index (χ2n) is 3.22. The Morgan fingerprint density at radius 1 is 1.53 bits per heavy atom. The van der Waals surface area contributed by atoms with Gasteiger partial charge in [-0.25, -0.2) is 0 Å². The van der Waals surface area contributed by atoms with Gasteiger partial charge >= 0.3 is 5.97 Å². The average Bonchev–Trinajstić information content (AvgIpc) is 2.78. The number of anilines is 1. The van der Waals surface area contributed by atoms with Crippen molar-refractivity contribution in [2.45, 2.75) is 13.3 Å². The normalized spacial score (nSPS) is 10.4. The number of fused-ring (bicyclic) bond motifs is 1. The standard InChI is InChI=1S/C9H12N6O2/c1-2-17-9(16)3-4-11-7-5-10-6-8-12-13-14-15(7)8/h5-6,11H,2-4H2,1H3. The van der Waals surface area contributed by atoms with Crippen LogP contribution in [0.2, 0.25) is 0 Å². The molecule has 17 heavy (non-hydrogen) atoms. The molecular formula is C9H12N6O2. The zero-order valence-electron chi connectivity index (χ0n) is 9.33. The predicted molar refractivity (Wildman–Crippen MR) is 58.3 cm³/mol. The van der Waals surface area contributed by atoms with Crippen molar-refractivity contribution in [3.63, 3.8) is 0 Å². The van der Waals surface area contributed by atoms with Crippen LogP contribution in [0.1, 0.15) is 13.3 Å². The van der Waals surface area contributed by atoms with E-state index in [9.17, 15) is 4.79 Å². The van der Waals surface area contributed by atoms with Gasteiger partial charge in [-0.2, -0.15) is 4.52 Å². The van der Waals surface area contributed by atoms with Gasteiger partial charge in [0.25, 0.3) is 0 Å². The fraction of sp³-hybridized carbons (Fsp3) is 0.444. The summed E-state index contributed by atoms with van der Waals surface area (Å²) in [6, 6.07) is 0. The number of carbonyl (C=O) groups excluding carboxylic acids is 1. The molecule has 2 heterocycles. The smallest absolute Gasteiger partial charge is 0.307 e. The highest BCUT2D eigenvalue weighted by molar-refractivity contribution is 5.70. The number of hydrogen-bond donors (Lipinski definition) is 1. The van der Waals surface area contributed by atoms with E-state index in [4.69, 9.17) is 4.74 Å². The lowest BCUT2D eigenvalue weighted by atomic mass is 10.4. The Hall–Kier alpha value is -2.25. The van der Waals surface area contributed by atoms with Crippen LogP contribution in [0.4, 0.5) is 5.82 Å². The minimum atomic E-state index is -0.239. The number of nitrogens with one attached hydrogen (secondary N) is 1. The largest absolute Gasteiger partial charge is 0.466 e. The van der Waals surface area contributed by atoms with Gasteiger partial charge in [-0.05, 0) is 17.4 Å². The lowest BCUT2D eigenvalue weighted by Crippen LogP contribution is -2.13. The first-order valence-corrected chi connectivity index (χ1v) is 5.23. The van der Waals surface area contributed by atoms with Crippen LogP contribution in [-0.2, 0) is 9.53 Å². The third kappa shape index (κ3) is 2.65. The monoisotopic (exact) mass is 236 g/mol. The van der Waals surface area contributed by atoms with Crippen LogP contribution in [0, 0.1) is 0 Å². The van der Waals surface area contributed by atoms with Crippen LogP contribution in [0.15, 0.2) is 12.4 Å². The first-order valence-electron chi connectivity index (χ1n) is 5.23. The van der Waals surface area contributed by atoms with Gasteiger partial charge in [0.1, 0.15) is 5.82 Å². The Morgan fingerprint density at radius 3 is 3.24 bits per heavy atom. The molecule has 0 amide bonds. The van der Waals surface area contributed by atoms with Crippen LogP contribution >= 0.6 is 0 Å². The maximum atomic E-state index is 11.1. The van der Waals surface area contributed by atoms with Gasteiger partial charge in [0, 0.05) is 6.54 Å². The Bertz CT molecular complexity index is 511. The van der Waals surface area contributed by atoms with Gasteiger partial charge in [-0.15, -0.1) is 5.10 Å². The van der Waals surface area contributed by atoms with Gasteiger partial charge < -0.3 is 10.1 Å². The molecule has 1 N–H and O–H groups in total. The van der Waals surface area contributed by atoms with Gasteiger partial charge in [-0.3, -0.25) is 9.78 Å². The quantitative estimate of drug-likeness (QED) is 0.723. The first kappa shape index (κ1) is 11.2. The molecule has 2 rings (SSSR count). The Kier molecular flexibility index (Phi) is 3.43. The average molecular weight is 236 g/mol. The van der Waals surface area contributed by atoms with E-state index in [2.05, 4.69) is 25.8 Å². The molecule has 0 radical (unpaired) electrons. The molecule has 0 aliphatic heterocycles. The summed E-state index contributed by atoms with van der Waals surface area (Å²) in [6.07, 6.45) is 3.43. The van der Waals surface area contributed by atoms with E-state index in [1.807, 2.05) is 0 Å². The second kappa shape index (κ2) is 5.19. The van der Waals surface area contributed by atoms with Crippen LogP contribution in [-0.4, -0.2) is 44.1 Å². The summed E-state index contributed by atoms with van der Waals surface area (Å²) < 4.78 is 6.32.